The maximum atomic E-state index is 12.3. The van der Waals surface area contributed by atoms with Crippen LogP contribution in [0.5, 0.6) is 11.5 Å². The molecule has 0 radical (unpaired) electrons. The highest BCUT2D eigenvalue weighted by Crippen LogP contribution is 2.31. The Morgan fingerprint density at radius 3 is 2.71 bits per heavy atom. The van der Waals surface area contributed by atoms with E-state index in [1.54, 1.807) is 18.2 Å². The van der Waals surface area contributed by atoms with E-state index >= 15 is 0 Å². The topological polar surface area (TPSA) is 47.6 Å². The summed E-state index contributed by atoms with van der Waals surface area (Å²) in [6, 6.07) is 12.6. The Balaban J connectivity index is 1.78. The molecule has 0 aromatic heterocycles. The van der Waals surface area contributed by atoms with Crippen molar-refractivity contribution in [2.75, 3.05) is 18.5 Å². The first-order valence-corrected chi connectivity index (χ1v) is 7.15. The fourth-order valence-electron chi connectivity index (χ4n) is 2.12. The number of carbonyl (C=O) groups is 1. The Labute approximate surface area is 127 Å². The van der Waals surface area contributed by atoms with Gasteiger partial charge in [-0.2, -0.15) is 0 Å². The van der Waals surface area contributed by atoms with Gasteiger partial charge in [0.2, 0.25) is 0 Å². The number of benzene rings is 2. The summed E-state index contributed by atoms with van der Waals surface area (Å²) >= 11 is 5.79. The number of hydrogen-bond acceptors (Lipinski definition) is 3. The van der Waals surface area contributed by atoms with E-state index in [0.717, 1.165) is 5.56 Å². The molecule has 5 heteroatoms. The molecular formula is C16H14ClNO3. The van der Waals surface area contributed by atoms with E-state index < -0.39 is 0 Å². The van der Waals surface area contributed by atoms with E-state index in [4.69, 9.17) is 21.1 Å². The summed E-state index contributed by atoms with van der Waals surface area (Å²) in [7, 11) is 0. The van der Waals surface area contributed by atoms with Gasteiger partial charge in [-0.3, -0.25) is 4.79 Å². The van der Waals surface area contributed by atoms with Gasteiger partial charge in [0, 0.05) is 17.1 Å². The molecule has 3 rings (SSSR count). The second-order valence-corrected chi connectivity index (χ2v) is 4.91. The van der Waals surface area contributed by atoms with E-state index in [1.807, 2.05) is 24.3 Å². The van der Waals surface area contributed by atoms with Crippen LogP contribution in [0.25, 0.3) is 0 Å². The van der Waals surface area contributed by atoms with Crippen molar-refractivity contribution in [1.29, 1.82) is 0 Å². The van der Waals surface area contributed by atoms with Crippen LogP contribution >= 0.6 is 11.6 Å². The largest absolute Gasteiger partial charge is 0.486 e. The molecule has 2 aromatic rings. The van der Waals surface area contributed by atoms with Crippen LogP contribution in [-0.2, 0) is 5.88 Å². The summed E-state index contributed by atoms with van der Waals surface area (Å²) in [6.07, 6.45) is 0. The second-order valence-electron chi connectivity index (χ2n) is 4.65. The molecule has 0 saturated carbocycles. The first-order valence-electron chi connectivity index (χ1n) is 6.62. The third-order valence-electron chi connectivity index (χ3n) is 3.14. The minimum Gasteiger partial charge on any atom is -0.486 e. The zero-order valence-electron chi connectivity index (χ0n) is 11.3. The van der Waals surface area contributed by atoms with Crippen molar-refractivity contribution in [2.45, 2.75) is 5.88 Å². The van der Waals surface area contributed by atoms with E-state index in [-0.39, 0.29) is 5.91 Å². The zero-order valence-corrected chi connectivity index (χ0v) is 12.0. The fraction of sp³-hybridized carbons (Fsp3) is 0.188. The van der Waals surface area contributed by atoms with Crippen LogP contribution < -0.4 is 14.8 Å². The molecule has 1 aliphatic rings. The highest BCUT2D eigenvalue weighted by atomic mass is 35.5. The molecule has 108 valence electrons. The highest BCUT2D eigenvalue weighted by molar-refractivity contribution is 6.17. The summed E-state index contributed by atoms with van der Waals surface area (Å²) in [5.74, 6) is 1.48. The first-order chi connectivity index (χ1) is 10.3. The molecule has 2 aromatic carbocycles. The molecule has 0 atom stereocenters. The van der Waals surface area contributed by atoms with Gasteiger partial charge in [-0.05, 0) is 35.9 Å². The average Bonchev–Trinajstić information content (AvgIpc) is 2.54. The Morgan fingerprint density at radius 1 is 1.10 bits per heavy atom. The standard InChI is InChI=1S/C16H14ClNO3/c17-10-11-2-1-3-13(8-11)18-16(19)12-4-5-14-15(9-12)21-7-6-20-14/h1-5,8-9H,6-7,10H2,(H,18,19). The number of rotatable bonds is 3. The number of nitrogens with one attached hydrogen (secondary N) is 1. The number of ether oxygens (including phenoxy) is 2. The van der Waals surface area contributed by atoms with Crippen LogP contribution in [0, 0.1) is 0 Å². The van der Waals surface area contributed by atoms with Gasteiger partial charge in [0.25, 0.3) is 5.91 Å². The molecule has 4 nitrogen and oxygen atoms in total. The van der Waals surface area contributed by atoms with Crippen molar-refractivity contribution >= 4 is 23.2 Å². The number of anilines is 1. The quantitative estimate of drug-likeness (QED) is 0.884. The van der Waals surface area contributed by atoms with Gasteiger partial charge in [-0.15, -0.1) is 11.6 Å². The van der Waals surface area contributed by atoms with Crippen LogP contribution in [0.15, 0.2) is 42.5 Å². The van der Waals surface area contributed by atoms with Crippen molar-refractivity contribution in [3.05, 3.63) is 53.6 Å². The third-order valence-corrected chi connectivity index (χ3v) is 3.45. The third kappa shape index (κ3) is 3.11. The van der Waals surface area contributed by atoms with Gasteiger partial charge >= 0.3 is 0 Å². The lowest BCUT2D eigenvalue weighted by Gasteiger charge is -2.18. The second kappa shape index (κ2) is 6.06. The van der Waals surface area contributed by atoms with Gasteiger partial charge in [0.15, 0.2) is 11.5 Å². The van der Waals surface area contributed by atoms with Crippen molar-refractivity contribution in [3.8, 4) is 11.5 Å². The van der Waals surface area contributed by atoms with Crippen LogP contribution in [-0.4, -0.2) is 19.1 Å². The van der Waals surface area contributed by atoms with E-state index in [2.05, 4.69) is 5.32 Å². The maximum absolute atomic E-state index is 12.3. The Morgan fingerprint density at radius 2 is 1.90 bits per heavy atom. The lowest BCUT2D eigenvalue weighted by molar-refractivity contribution is 0.102. The van der Waals surface area contributed by atoms with Crippen LogP contribution in [0.2, 0.25) is 0 Å². The molecule has 0 bridgehead atoms. The predicted molar refractivity (Wildman–Crippen MR) is 81.4 cm³/mol. The number of fused-ring (bicyclic) bond motifs is 1. The molecule has 1 N–H and O–H groups in total. The molecular weight excluding hydrogens is 290 g/mol. The van der Waals surface area contributed by atoms with E-state index in [9.17, 15) is 4.79 Å². The molecule has 1 amide bonds. The minimum absolute atomic E-state index is 0.196. The molecule has 0 aliphatic carbocycles. The SMILES string of the molecule is O=C(Nc1cccc(CCl)c1)c1ccc2c(c1)OCCO2. The number of amides is 1. The number of halogens is 1. The number of alkyl halides is 1. The predicted octanol–water partition coefficient (Wildman–Crippen LogP) is 3.45. The summed E-state index contributed by atoms with van der Waals surface area (Å²) in [5.41, 5.74) is 2.19. The zero-order chi connectivity index (χ0) is 14.7. The van der Waals surface area contributed by atoms with Crippen molar-refractivity contribution in [1.82, 2.24) is 0 Å². The maximum Gasteiger partial charge on any atom is 0.255 e. The summed E-state index contributed by atoms with van der Waals surface area (Å²) < 4.78 is 10.9. The highest BCUT2D eigenvalue weighted by Gasteiger charge is 2.15. The lowest BCUT2D eigenvalue weighted by atomic mass is 10.1. The van der Waals surface area contributed by atoms with Crippen LogP contribution in [0.3, 0.4) is 0 Å². The monoisotopic (exact) mass is 303 g/mol. The number of carbonyl (C=O) groups excluding carboxylic acids is 1. The van der Waals surface area contributed by atoms with Gasteiger partial charge in [0.05, 0.1) is 0 Å². The average molecular weight is 304 g/mol. The number of hydrogen-bond donors (Lipinski definition) is 1. The molecule has 0 unspecified atom stereocenters. The van der Waals surface area contributed by atoms with E-state index in [1.165, 1.54) is 0 Å². The Kier molecular flexibility index (Phi) is 3.97. The van der Waals surface area contributed by atoms with Crippen LogP contribution in [0.1, 0.15) is 15.9 Å². The Hall–Kier alpha value is -2.20. The normalized spacial score (nSPS) is 12.8. The molecule has 0 fully saturated rings. The molecule has 21 heavy (non-hydrogen) atoms. The molecule has 0 saturated heterocycles. The van der Waals surface area contributed by atoms with Crippen LogP contribution in [0.4, 0.5) is 5.69 Å². The molecule has 1 aliphatic heterocycles. The van der Waals surface area contributed by atoms with Crippen molar-refractivity contribution in [3.63, 3.8) is 0 Å². The van der Waals surface area contributed by atoms with Gasteiger partial charge in [-0.1, -0.05) is 12.1 Å². The smallest absolute Gasteiger partial charge is 0.255 e. The summed E-state index contributed by atoms with van der Waals surface area (Å²) in [4.78, 5) is 12.3. The van der Waals surface area contributed by atoms with Crippen molar-refractivity contribution in [2.24, 2.45) is 0 Å². The molecule has 0 spiro atoms. The molecule has 1 heterocycles. The van der Waals surface area contributed by atoms with E-state index in [0.29, 0.717) is 41.8 Å². The minimum atomic E-state index is -0.196. The lowest BCUT2D eigenvalue weighted by Crippen LogP contribution is -2.17. The summed E-state index contributed by atoms with van der Waals surface area (Å²) in [5, 5.41) is 2.85. The summed E-state index contributed by atoms with van der Waals surface area (Å²) in [6.45, 7) is 1.03. The first kappa shape index (κ1) is 13.8. The van der Waals surface area contributed by atoms with Gasteiger partial charge < -0.3 is 14.8 Å². The van der Waals surface area contributed by atoms with Crippen molar-refractivity contribution < 1.29 is 14.3 Å². The van der Waals surface area contributed by atoms with Gasteiger partial charge in [0.1, 0.15) is 13.2 Å². The Bertz CT molecular complexity index is 672. The fourth-order valence-corrected chi connectivity index (χ4v) is 2.29. The van der Waals surface area contributed by atoms with Gasteiger partial charge in [-0.25, -0.2) is 0 Å².